The van der Waals surface area contributed by atoms with Crippen molar-refractivity contribution in [2.24, 2.45) is 29.6 Å². The van der Waals surface area contributed by atoms with Gasteiger partial charge in [-0.15, -0.1) is 0 Å². The molecule has 3 saturated carbocycles. The molecule has 36 heavy (non-hydrogen) atoms. The third kappa shape index (κ3) is 8.91. The molecule has 0 saturated heterocycles. The SMILES string of the molecule is CCCCC[C@H]1CC[C@H](c2ccc(CC[C@H]3CC[C@H]([C@H]4CC[C@H](CCCCC)CC4)CC3)cc2)CC1. The minimum atomic E-state index is 0.836. The van der Waals surface area contributed by atoms with Gasteiger partial charge in [-0.1, -0.05) is 115 Å². The first-order valence-electron chi connectivity index (χ1n) is 16.8. The summed E-state index contributed by atoms with van der Waals surface area (Å²) in [7, 11) is 0. The maximum atomic E-state index is 2.49. The first kappa shape index (κ1) is 28.2. The van der Waals surface area contributed by atoms with E-state index in [2.05, 4.69) is 38.1 Å². The molecule has 1 aromatic carbocycles. The summed E-state index contributed by atoms with van der Waals surface area (Å²) in [6, 6.07) is 9.94. The Kier molecular flexibility index (Phi) is 12.2. The van der Waals surface area contributed by atoms with E-state index in [1.807, 2.05) is 0 Å². The van der Waals surface area contributed by atoms with Crippen LogP contribution in [0.3, 0.4) is 0 Å². The fraction of sp³-hybridized carbons (Fsp3) is 0.833. The largest absolute Gasteiger partial charge is 0.0654 e. The van der Waals surface area contributed by atoms with Crippen molar-refractivity contribution in [1.29, 1.82) is 0 Å². The van der Waals surface area contributed by atoms with Crippen molar-refractivity contribution in [1.82, 2.24) is 0 Å². The standard InChI is InChI=1S/C36H60/c1-3-5-7-9-29-13-21-33(22-14-29)35-25-17-31(18-26-35)11-12-32-19-27-36(28-20-32)34-23-15-30(16-24-34)10-8-6-4-2/h17-18,25-26,29-30,32-34,36H,3-16,19-24,27-28H2,1-2H3/t29-,30-,32-,33-,34-,36-. The third-order valence-corrected chi connectivity index (χ3v) is 11.0. The van der Waals surface area contributed by atoms with Gasteiger partial charge in [-0.05, 0) is 111 Å². The highest BCUT2D eigenvalue weighted by Crippen LogP contribution is 2.43. The zero-order valence-electron chi connectivity index (χ0n) is 24.3. The molecule has 3 fully saturated rings. The van der Waals surface area contributed by atoms with Gasteiger partial charge in [0.15, 0.2) is 0 Å². The van der Waals surface area contributed by atoms with Gasteiger partial charge in [-0.2, -0.15) is 0 Å². The molecule has 0 heterocycles. The minimum absolute atomic E-state index is 0.836. The van der Waals surface area contributed by atoms with Crippen LogP contribution in [0.4, 0.5) is 0 Å². The lowest BCUT2D eigenvalue weighted by Gasteiger charge is -2.38. The maximum Gasteiger partial charge on any atom is -0.0162 e. The monoisotopic (exact) mass is 492 g/mol. The van der Waals surface area contributed by atoms with Crippen molar-refractivity contribution in [3.05, 3.63) is 35.4 Å². The molecule has 0 radical (unpaired) electrons. The normalized spacial score (nSPS) is 31.4. The predicted molar refractivity (Wildman–Crippen MR) is 159 cm³/mol. The molecular weight excluding hydrogens is 432 g/mol. The summed E-state index contributed by atoms with van der Waals surface area (Å²) in [5.74, 6) is 6.07. The minimum Gasteiger partial charge on any atom is -0.0654 e. The second kappa shape index (κ2) is 15.6. The average molecular weight is 493 g/mol. The van der Waals surface area contributed by atoms with Crippen LogP contribution in [-0.4, -0.2) is 0 Å². The number of hydrogen-bond acceptors (Lipinski definition) is 0. The number of rotatable bonds is 13. The number of aryl methyl sites for hydroxylation is 1. The van der Waals surface area contributed by atoms with E-state index < -0.39 is 0 Å². The van der Waals surface area contributed by atoms with Gasteiger partial charge in [-0.3, -0.25) is 0 Å². The van der Waals surface area contributed by atoms with Crippen LogP contribution in [-0.2, 0) is 6.42 Å². The predicted octanol–water partition coefficient (Wildman–Crippen LogP) is 11.7. The first-order valence-corrected chi connectivity index (χ1v) is 16.8. The highest BCUT2D eigenvalue weighted by Gasteiger charge is 2.30. The maximum absolute atomic E-state index is 2.49. The molecule has 0 amide bonds. The van der Waals surface area contributed by atoms with Crippen LogP contribution in [0.15, 0.2) is 24.3 Å². The van der Waals surface area contributed by atoms with E-state index in [4.69, 9.17) is 0 Å². The Morgan fingerprint density at radius 3 is 1.42 bits per heavy atom. The lowest BCUT2D eigenvalue weighted by atomic mass is 9.68. The summed E-state index contributed by atoms with van der Waals surface area (Å²) in [5, 5.41) is 0. The van der Waals surface area contributed by atoms with Crippen molar-refractivity contribution in [3.8, 4) is 0 Å². The van der Waals surface area contributed by atoms with Gasteiger partial charge in [0.1, 0.15) is 0 Å². The molecule has 3 aliphatic rings. The number of hydrogen-bond donors (Lipinski definition) is 0. The van der Waals surface area contributed by atoms with Crippen molar-refractivity contribution in [2.45, 2.75) is 161 Å². The van der Waals surface area contributed by atoms with Crippen LogP contribution in [0.1, 0.15) is 166 Å². The van der Waals surface area contributed by atoms with Crippen LogP contribution in [0, 0.1) is 29.6 Å². The van der Waals surface area contributed by atoms with E-state index in [0.717, 1.165) is 35.5 Å². The Morgan fingerprint density at radius 2 is 0.944 bits per heavy atom. The molecule has 0 aliphatic heterocycles. The zero-order chi connectivity index (χ0) is 25.0. The molecule has 1 aromatic rings. The van der Waals surface area contributed by atoms with Crippen LogP contribution >= 0.6 is 0 Å². The lowest BCUT2D eigenvalue weighted by Crippen LogP contribution is -2.26. The van der Waals surface area contributed by atoms with Gasteiger partial charge < -0.3 is 0 Å². The number of unbranched alkanes of at least 4 members (excludes halogenated alkanes) is 4. The molecule has 0 nitrogen and oxygen atoms in total. The Bertz CT molecular complexity index is 677. The second-order valence-corrected chi connectivity index (χ2v) is 13.6. The van der Waals surface area contributed by atoms with Gasteiger partial charge in [0, 0.05) is 0 Å². The van der Waals surface area contributed by atoms with Gasteiger partial charge in [0.05, 0.1) is 0 Å². The fourth-order valence-electron chi connectivity index (χ4n) is 8.37. The van der Waals surface area contributed by atoms with Crippen LogP contribution < -0.4 is 0 Å². The Hall–Kier alpha value is -0.780. The summed E-state index contributed by atoms with van der Waals surface area (Å²) in [5.41, 5.74) is 3.22. The molecule has 0 atom stereocenters. The Morgan fingerprint density at radius 1 is 0.500 bits per heavy atom. The average Bonchev–Trinajstić information content (AvgIpc) is 2.94. The Labute approximate surface area is 225 Å². The third-order valence-electron chi connectivity index (χ3n) is 11.0. The summed E-state index contributed by atoms with van der Waals surface area (Å²) in [4.78, 5) is 0. The van der Waals surface area contributed by atoms with E-state index in [0.29, 0.717) is 0 Å². The van der Waals surface area contributed by atoms with Crippen molar-refractivity contribution in [2.75, 3.05) is 0 Å². The van der Waals surface area contributed by atoms with Crippen molar-refractivity contribution in [3.63, 3.8) is 0 Å². The Balaban J connectivity index is 1.10. The van der Waals surface area contributed by atoms with E-state index in [9.17, 15) is 0 Å². The highest BCUT2D eigenvalue weighted by molar-refractivity contribution is 5.26. The van der Waals surface area contributed by atoms with Crippen LogP contribution in [0.5, 0.6) is 0 Å². The summed E-state index contributed by atoms with van der Waals surface area (Å²) < 4.78 is 0. The van der Waals surface area contributed by atoms with E-state index >= 15 is 0 Å². The van der Waals surface area contributed by atoms with E-state index in [1.165, 1.54) is 116 Å². The molecule has 4 rings (SSSR count). The fourth-order valence-corrected chi connectivity index (χ4v) is 8.37. The molecule has 0 spiro atoms. The van der Waals surface area contributed by atoms with E-state index in [1.54, 1.807) is 36.8 Å². The van der Waals surface area contributed by atoms with Crippen molar-refractivity contribution < 1.29 is 0 Å². The molecule has 204 valence electrons. The quantitative estimate of drug-likeness (QED) is 0.240. The summed E-state index contributed by atoms with van der Waals surface area (Å²) in [6.45, 7) is 4.66. The van der Waals surface area contributed by atoms with E-state index in [-0.39, 0.29) is 0 Å². The van der Waals surface area contributed by atoms with Crippen molar-refractivity contribution >= 4 is 0 Å². The zero-order valence-corrected chi connectivity index (χ0v) is 24.3. The molecular formula is C36H60. The van der Waals surface area contributed by atoms with Crippen LogP contribution in [0.2, 0.25) is 0 Å². The first-order chi connectivity index (χ1) is 17.7. The summed E-state index contributed by atoms with van der Waals surface area (Å²) in [6.07, 6.45) is 32.4. The number of benzene rings is 1. The lowest BCUT2D eigenvalue weighted by molar-refractivity contribution is 0.140. The van der Waals surface area contributed by atoms with Gasteiger partial charge in [0.2, 0.25) is 0 Å². The topological polar surface area (TPSA) is 0 Å². The summed E-state index contributed by atoms with van der Waals surface area (Å²) >= 11 is 0. The van der Waals surface area contributed by atoms with Gasteiger partial charge in [0.25, 0.3) is 0 Å². The smallest absolute Gasteiger partial charge is 0.0162 e. The molecule has 0 N–H and O–H groups in total. The van der Waals surface area contributed by atoms with Gasteiger partial charge >= 0.3 is 0 Å². The highest BCUT2D eigenvalue weighted by atomic mass is 14.4. The molecule has 0 bridgehead atoms. The second-order valence-electron chi connectivity index (χ2n) is 13.6. The van der Waals surface area contributed by atoms with Crippen LogP contribution in [0.25, 0.3) is 0 Å². The van der Waals surface area contributed by atoms with Gasteiger partial charge in [-0.25, -0.2) is 0 Å². The molecule has 3 aliphatic carbocycles. The molecule has 0 aromatic heterocycles. The molecule has 0 heteroatoms. The molecule has 0 unspecified atom stereocenters.